The molecule has 0 radical (unpaired) electrons. The number of benzene rings is 2. The van der Waals surface area contributed by atoms with Gasteiger partial charge in [0.05, 0.1) is 17.0 Å². The summed E-state index contributed by atoms with van der Waals surface area (Å²) < 4.78 is 13.0. The Hall–Kier alpha value is -2.34. The molecule has 24 heavy (non-hydrogen) atoms. The van der Waals surface area contributed by atoms with Crippen LogP contribution in [-0.4, -0.2) is 17.1 Å². The molecule has 0 aromatic heterocycles. The van der Waals surface area contributed by atoms with Crippen molar-refractivity contribution in [2.24, 2.45) is 0 Å². The van der Waals surface area contributed by atoms with Crippen molar-refractivity contribution < 1.29 is 14.0 Å². The number of hydrogen-bond acceptors (Lipinski definition) is 3. The van der Waals surface area contributed by atoms with Crippen LogP contribution < -0.4 is 10.6 Å². The fraction of sp³-hybridized carbons (Fsp3) is 0.222. The second-order valence-electron chi connectivity index (χ2n) is 5.64. The predicted molar refractivity (Wildman–Crippen MR) is 92.3 cm³/mol. The molecule has 0 spiro atoms. The molecule has 0 fully saturated rings. The number of amides is 2. The lowest BCUT2D eigenvalue weighted by Gasteiger charge is -2.24. The predicted octanol–water partition coefficient (Wildman–Crippen LogP) is 3.51. The standard InChI is InChI=1S/C18H17FN2O2S/c1-11(12-6-8-13(19)9-7-12)20-17(22)10-16-18(23)21-14-4-2-3-5-15(14)24-16/h2-9,11,16H,10H2,1H3,(H,20,22)(H,21,23)/t11-,16-/m0/s1. The molecule has 0 saturated heterocycles. The highest BCUT2D eigenvalue weighted by atomic mass is 32.2. The zero-order chi connectivity index (χ0) is 17.1. The van der Waals surface area contributed by atoms with Gasteiger partial charge in [-0.3, -0.25) is 9.59 Å². The summed E-state index contributed by atoms with van der Waals surface area (Å²) in [5.74, 6) is -0.687. The van der Waals surface area contributed by atoms with Crippen LogP contribution in [0.3, 0.4) is 0 Å². The maximum Gasteiger partial charge on any atom is 0.238 e. The van der Waals surface area contributed by atoms with Crippen molar-refractivity contribution in [1.29, 1.82) is 0 Å². The van der Waals surface area contributed by atoms with Gasteiger partial charge in [0.1, 0.15) is 5.82 Å². The van der Waals surface area contributed by atoms with Crippen LogP contribution in [0.5, 0.6) is 0 Å². The number of fused-ring (bicyclic) bond motifs is 1. The summed E-state index contributed by atoms with van der Waals surface area (Å²) in [4.78, 5) is 25.3. The summed E-state index contributed by atoms with van der Waals surface area (Å²) in [7, 11) is 0. The van der Waals surface area contributed by atoms with Gasteiger partial charge in [-0.05, 0) is 36.8 Å². The smallest absolute Gasteiger partial charge is 0.238 e. The molecule has 2 aromatic carbocycles. The van der Waals surface area contributed by atoms with E-state index in [0.29, 0.717) is 0 Å². The first-order valence-electron chi connectivity index (χ1n) is 7.64. The molecular weight excluding hydrogens is 327 g/mol. The molecule has 0 saturated carbocycles. The Morgan fingerprint density at radius 3 is 2.71 bits per heavy atom. The van der Waals surface area contributed by atoms with E-state index in [9.17, 15) is 14.0 Å². The van der Waals surface area contributed by atoms with E-state index in [-0.39, 0.29) is 30.1 Å². The molecule has 0 bridgehead atoms. The molecule has 2 aromatic rings. The summed E-state index contributed by atoms with van der Waals surface area (Å²) >= 11 is 1.40. The van der Waals surface area contributed by atoms with E-state index < -0.39 is 5.25 Å². The summed E-state index contributed by atoms with van der Waals surface area (Å²) in [5.41, 5.74) is 1.60. The maximum atomic E-state index is 13.0. The Morgan fingerprint density at radius 1 is 1.25 bits per heavy atom. The monoisotopic (exact) mass is 344 g/mol. The zero-order valence-corrected chi connectivity index (χ0v) is 13.9. The molecular formula is C18H17FN2O2S. The van der Waals surface area contributed by atoms with Crippen LogP contribution in [0.1, 0.15) is 24.9 Å². The van der Waals surface area contributed by atoms with Crippen molar-refractivity contribution in [1.82, 2.24) is 5.32 Å². The first-order chi connectivity index (χ1) is 11.5. The normalized spacial score (nSPS) is 17.6. The first-order valence-corrected chi connectivity index (χ1v) is 8.52. The van der Waals surface area contributed by atoms with E-state index in [1.54, 1.807) is 12.1 Å². The molecule has 124 valence electrons. The molecule has 2 N–H and O–H groups in total. The molecule has 2 atom stereocenters. The third-order valence-corrected chi connectivity index (χ3v) is 5.10. The van der Waals surface area contributed by atoms with Gasteiger partial charge in [0, 0.05) is 11.3 Å². The van der Waals surface area contributed by atoms with Gasteiger partial charge < -0.3 is 10.6 Å². The number of halogens is 1. The molecule has 0 aliphatic carbocycles. The van der Waals surface area contributed by atoms with Crippen LogP contribution in [0, 0.1) is 5.82 Å². The van der Waals surface area contributed by atoms with Crippen LogP contribution >= 0.6 is 11.8 Å². The van der Waals surface area contributed by atoms with E-state index in [1.165, 1.54) is 23.9 Å². The molecule has 4 nitrogen and oxygen atoms in total. The Morgan fingerprint density at radius 2 is 1.96 bits per heavy atom. The Kier molecular flexibility index (Phi) is 4.85. The molecule has 6 heteroatoms. The van der Waals surface area contributed by atoms with Crippen molar-refractivity contribution in [3.05, 3.63) is 59.9 Å². The summed E-state index contributed by atoms with van der Waals surface area (Å²) in [5, 5.41) is 5.22. The van der Waals surface area contributed by atoms with Crippen molar-refractivity contribution in [3.8, 4) is 0 Å². The van der Waals surface area contributed by atoms with Crippen LogP contribution in [0.15, 0.2) is 53.4 Å². The third-order valence-electron chi connectivity index (χ3n) is 3.82. The summed E-state index contributed by atoms with van der Waals surface area (Å²) in [6.07, 6.45) is 0.0936. The Balaban J connectivity index is 1.61. The average Bonchev–Trinajstić information content (AvgIpc) is 2.56. The SMILES string of the molecule is C[C@H](NC(=O)C[C@@H]1Sc2ccccc2NC1=O)c1ccc(F)cc1. The van der Waals surface area contributed by atoms with Gasteiger partial charge in [0.2, 0.25) is 11.8 Å². The van der Waals surface area contributed by atoms with E-state index in [1.807, 2.05) is 31.2 Å². The van der Waals surface area contributed by atoms with Crippen molar-refractivity contribution in [2.45, 2.75) is 29.5 Å². The van der Waals surface area contributed by atoms with E-state index in [2.05, 4.69) is 10.6 Å². The van der Waals surface area contributed by atoms with Gasteiger partial charge in [0.25, 0.3) is 0 Å². The average molecular weight is 344 g/mol. The summed E-state index contributed by atoms with van der Waals surface area (Å²) in [6.45, 7) is 1.83. The first kappa shape index (κ1) is 16.5. The lowest BCUT2D eigenvalue weighted by molar-refractivity contribution is -0.124. The topological polar surface area (TPSA) is 58.2 Å². The number of thioether (sulfide) groups is 1. The highest BCUT2D eigenvalue weighted by Gasteiger charge is 2.29. The quantitative estimate of drug-likeness (QED) is 0.892. The van der Waals surface area contributed by atoms with Crippen molar-refractivity contribution in [2.75, 3.05) is 5.32 Å². The van der Waals surface area contributed by atoms with E-state index in [4.69, 9.17) is 0 Å². The molecule has 1 aliphatic heterocycles. The number of hydrogen-bond donors (Lipinski definition) is 2. The molecule has 1 heterocycles. The minimum absolute atomic E-state index is 0.0936. The highest BCUT2D eigenvalue weighted by Crippen LogP contribution is 2.36. The van der Waals surface area contributed by atoms with Gasteiger partial charge in [-0.1, -0.05) is 24.3 Å². The van der Waals surface area contributed by atoms with Gasteiger partial charge in [-0.2, -0.15) is 0 Å². The van der Waals surface area contributed by atoms with Crippen LogP contribution in [0.25, 0.3) is 0 Å². The number of nitrogens with one attached hydrogen (secondary N) is 2. The largest absolute Gasteiger partial charge is 0.350 e. The second-order valence-corrected chi connectivity index (χ2v) is 6.88. The van der Waals surface area contributed by atoms with Gasteiger partial charge >= 0.3 is 0 Å². The number of para-hydroxylation sites is 1. The minimum Gasteiger partial charge on any atom is -0.350 e. The molecule has 2 amide bonds. The van der Waals surface area contributed by atoms with Crippen molar-refractivity contribution in [3.63, 3.8) is 0 Å². The minimum atomic E-state index is -0.458. The van der Waals surface area contributed by atoms with Crippen LogP contribution in [-0.2, 0) is 9.59 Å². The zero-order valence-electron chi connectivity index (χ0n) is 13.1. The van der Waals surface area contributed by atoms with Crippen molar-refractivity contribution >= 4 is 29.3 Å². The number of carbonyl (C=O) groups excluding carboxylic acids is 2. The fourth-order valence-corrected chi connectivity index (χ4v) is 3.64. The van der Waals surface area contributed by atoms with Crippen LogP contribution in [0.2, 0.25) is 0 Å². The molecule has 1 aliphatic rings. The van der Waals surface area contributed by atoms with Crippen LogP contribution in [0.4, 0.5) is 10.1 Å². The maximum absolute atomic E-state index is 13.0. The highest BCUT2D eigenvalue weighted by molar-refractivity contribution is 8.01. The molecule has 3 rings (SSSR count). The van der Waals surface area contributed by atoms with E-state index in [0.717, 1.165) is 16.1 Å². The van der Waals surface area contributed by atoms with Gasteiger partial charge in [-0.15, -0.1) is 11.8 Å². The Bertz CT molecular complexity index is 764. The van der Waals surface area contributed by atoms with Gasteiger partial charge in [-0.25, -0.2) is 4.39 Å². The molecule has 0 unspecified atom stereocenters. The lowest BCUT2D eigenvalue weighted by Crippen LogP contribution is -2.35. The number of anilines is 1. The van der Waals surface area contributed by atoms with E-state index >= 15 is 0 Å². The number of rotatable bonds is 4. The third kappa shape index (κ3) is 3.76. The fourth-order valence-electron chi connectivity index (χ4n) is 2.53. The number of carbonyl (C=O) groups is 2. The summed E-state index contributed by atoms with van der Waals surface area (Å²) in [6, 6.07) is 13.3. The second kappa shape index (κ2) is 7.05. The Labute approximate surface area is 143 Å². The van der Waals surface area contributed by atoms with Gasteiger partial charge in [0.15, 0.2) is 0 Å². The lowest BCUT2D eigenvalue weighted by atomic mass is 10.1.